The number of benzene rings is 1. The molecule has 1 fully saturated rings. The van der Waals surface area contributed by atoms with Crippen LogP contribution >= 0.6 is 23.1 Å². The zero-order valence-corrected chi connectivity index (χ0v) is 15.0. The average molecular weight is 342 g/mol. The van der Waals surface area contributed by atoms with E-state index in [2.05, 4.69) is 31.0 Å². The van der Waals surface area contributed by atoms with E-state index in [-0.39, 0.29) is 5.91 Å². The number of likely N-dealkylation sites (N-methyl/N-ethyl adjacent to an activating group) is 1. The van der Waals surface area contributed by atoms with Gasteiger partial charge in [-0.15, -0.1) is 11.3 Å². The Hall–Kier alpha value is -1.85. The van der Waals surface area contributed by atoms with E-state index in [1.807, 2.05) is 36.6 Å². The quantitative estimate of drug-likeness (QED) is 0.736. The van der Waals surface area contributed by atoms with Crippen molar-refractivity contribution in [2.45, 2.75) is 20.8 Å². The molecule has 3 nitrogen and oxygen atoms in total. The molecule has 1 aromatic carbocycles. The molecule has 1 amide bonds. The van der Waals surface area contributed by atoms with Crippen LogP contribution in [0.25, 0.3) is 6.08 Å². The number of nitrogens with zero attached hydrogens (tertiary/aromatic N) is 2. The van der Waals surface area contributed by atoms with E-state index in [0.29, 0.717) is 6.54 Å². The van der Waals surface area contributed by atoms with Crippen LogP contribution in [0.2, 0.25) is 0 Å². The highest BCUT2D eigenvalue weighted by molar-refractivity contribution is 8.18. The molecule has 0 spiro atoms. The number of carbonyl (C=O) groups excluding carboxylic acids is 1. The van der Waals surface area contributed by atoms with E-state index in [4.69, 9.17) is 0 Å². The van der Waals surface area contributed by atoms with Gasteiger partial charge >= 0.3 is 0 Å². The molecule has 2 aromatic rings. The number of aliphatic imine (C=N–C) groups is 1. The molecule has 0 saturated carbocycles. The molecule has 2 heterocycles. The van der Waals surface area contributed by atoms with E-state index in [0.717, 1.165) is 20.6 Å². The Labute approximate surface area is 144 Å². The minimum Gasteiger partial charge on any atom is -0.287 e. The van der Waals surface area contributed by atoms with Crippen molar-refractivity contribution < 1.29 is 4.79 Å². The first kappa shape index (κ1) is 16.0. The Balaban J connectivity index is 1.94. The van der Waals surface area contributed by atoms with Crippen molar-refractivity contribution in [2.24, 2.45) is 4.99 Å². The normalized spacial score (nSPS) is 18.4. The molecule has 1 aliphatic rings. The smallest absolute Gasteiger partial charge is 0.266 e. The van der Waals surface area contributed by atoms with Gasteiger partial charge in [0.05, 0.1) is 10.6 Å². The first-order valence-corrected chi connectivity index (χ1v) is 9.19. The van der Waals surface area contributed by atoms with Gasteiger partial charge in [-0.2, -0.15) is 0 Å². The summed E-state index contributed by atoms with van der Waals surface area (Å²) < 4.78 is 0. The van der Waals surface area contributed by atoms with Gasteiger partial charge < -0.3 is 0 Å². The SMILES string of the molecule is CCN1C(=O)/C(=C/c2cccs2)SC1=Nc1ccc(C)c(C)c1. The van der Waals surface area contributed by atoms with E-state index in [1.54, 1.807) is 16.2 Å². The number of amidine groups is 1. The van der Waals surface area contributed by atoms with Crippen LogP contribution in [0.15, 0.2) is 45.6 Å². The van der Waals surface area contributed by atoms with Gasteiger partial charge in [0.25, 0.3) is 5.91 Å². The van der Waals surface area contributed by atoms with Crippen LogP contribution in [0, 0.1) is 13.8 Å². The van der Waals surface area contributed by atoms with Gasteiger partial charge in [0, 0.05) is 11.4 Å². The van der Waals surface area contributed by atoms with Crippen molar-refractivity contribution in [2.75, 3.05) is 6.54 Å². The molecule has 1 aliphatic heterocycles. The van der Waals surface area contributed by atoms with Crippen LogP contribution < -0.4 is 0 Å². The number of hydrogen-bond donors (Lipinski definition) is 0. The highest BCUT2D eigenvalue weighted by atomic mass is 32.2. The lowest BCUT2D eigenvalue weighted by Crippen LogP contribution is -2.28. The molecule has 0 aliphatic carbocycles. The van der Waals surface area contributed by atoms with Gasteiger partial charge in [0.2, 0.25) is 0 Å². The lowest BCUT2D eigenvalue weighted by atomic mass is 10.1. The number of amides is 1. The van der Waals surface area contributed by atoms with Crippen LogP contribution in [0.5, 0.6) is 0 Å². The number of aryl methyl sites for hydroxylation is 2. The molecule has 23 heavy (non-hydrogen) atoms. The maximum absolute atomic E-state index is 12.5. The van der Waals surface area contributed by atoms with E-state index < -0.39 is 0 Å². The van der Waals surface area contributed by atoms with Crippen molar-refractivity contribution in [3.05, 3.63) is 56.6 Å². The summed E-state index contributed by atoms with van der Waals surface area (Å²) in [5.74, 6) is 0.0356. The Morgan fingerprint density at radius 3 is 2.70 bits per heavy atom. The van der Waals surface area contributed by atoms with Gasteiger partial charge in [-0.3, -0.25) is 9.69 Å². The van der Waals surface area contributed by atoms with Crippen molar-refractivity contribution in [3.8, 4) is 0 Å². The zero-order valence-electron chi connectivity index (χ0n) is 13.4. The second kappa shape index (κ2) is 6.72. The number of hydrogen-bond acceptors (Lipinski definition) is 4. The lowest BCUT2D eigenvalue weighted by molar-refractivity contribution is -0.122. The summed E-state index contributed by atoms with van der Waals surface area (Å²) in [6.45, 7) is 6.76. The van der Waals surface area contributed by atoms with Gasteiger partial charge in [0.15, 0.2) is 5.17 Å². The minimum atomic E-state index is 0.0356. The maximum Gasteiger partial charge on any atom is 0.266 e. The van der Waals surface area contributed by atoms with E-state index in [1.165, 1.54) is 22.9 Å². The molecule has 118 valence electrons. The molecule has 0 radical (unpaired) electrons. The van der Waals surface area contributed by atoms with Gasteiger partial charge in [-0.1, -0.05) is 12.1 Å². The largest absolute Gasteiger partial charge is 0.287 e. The molecular formula is C18H18N2OS2. The second-order valence-electron chi connectivity index (χ2n) is 5.34. The summed E-state index contributed by atoms with van der Waals surface area (Å²) in [6, 6.07) is 10.1. The van der Waals surface area contributed by atoms with Crippen molar-refractivity contribution in [1.29, 1.82) is 0 Å². The molecule has 1 saturated heterocycles. The fraction of sp³-hybridized carbons (Fsp3) is 0.222. The van der Waals surface area contributed by atoms with Crippen LogP contribution in [-0.2, 0) is 4.79 Å². The maximum atomic E-state index is 12.5. The standard InChI is InChI=1S/C18H18N2OS2/c1-4-20-17(21)16(11-15-6-5-9-22-15)23-18(20)19-14-8-7-12(2)13(3)10-14/h5-11H,4H2,1-3H3/b16-11-,19-18?. The Kier molecular flexibility index (Phi) is 4.68. The molecule has 5 heteroatoms. The van der Waals surface area contributed by atoms with Crippen LogP contribution in [0.3, 0.4) is 0 Å². The summed E-state index contributed by atoms with van der Waals surface area (Å²) in [4.78, 5) is 20.8. The average Bonchev–Trinajstić information content (AvgIpc) is 3.13. The second-order valence-corrected chi connectivity index (χ2v) is 7.33. The summed E-state index contributed by atoms with van der Waals surface area (Å²) >= 11 is 3.08. The van der Waals surface area contributed by atoms with Gasteiger partial charge in [-0.05, 0) is 73.3 Å². The Bertz CT molecular complexity index is 791. The number of thioether (sulfide) groups is 1. The Morgan fingerprint density at radius 1 is 1.22 bits per heavy atom. The lowest BCUT2D eigenvalue weighted by Gasteiger charge is -2.12. The predicted molar refractivity (Wildman–Crippen MR) is 100 cm³/mol. The summed E-state index contributed by atoms with van der Waals surface area (Å²) in [5, 5.41) is 2.77. The van der Waals surface area contributed by atoms with E-state index >= 15 is 0 Å². The highest BCUT2D eigenvalue weighted by Crippen LogP contribution is 2.34. The highest BCUT2D eigenvalue weighted by Gasteiger charge is 2.32. The van der Waals surface area contributed by atoms with Gasteiger partial charge in [-0.25, -0.2) is 4.99 Å². The summed E-state index contributed by atoms with van der Waals surface area (Å²) in [7, 11) is 0. The zero-order chi connectivity index (χ0) is 16.4. The van der Waals surface area contributed by atoms with Crippen molar-refractivity contribution >= 4 is 45.9 Å². The molecule has 0 N–H and O–H groups in total. The van der Waals surface area contributed by atoms with Crippen LogP contribution in [0.1, 0.15) is 22.9 Å². The molecular weight excluding hydrogens is 324 g/mol. The molecule has 3 rings (SSSR count). The minimum absolute atomic E-state index is 0.0356. The van der Waals surface area contributed by atoms with Crippen molar-refractivity contribution in [1.82, 2.24) is 4.90 Å². The fourth-order valence-electron chi connectivity index (χ4n) is 2.28. The number of thiophene rings is 1. The number of rotatable bonds is 3. The first-order valence-electron chi connectivity index (χ1n) is 7.49. The van der Waals surface area contributed by atoms with Gasteiger partial charge in [0.1, 0.15) is 0 Å². The molecule has 1 aromatic heterocycles. The third-order valence-electron chi connectivity index (χ3n) is 3.74. The molecule has 0 unspecified atom stereocenters. The van der Waals surface area contributed by atoms with Crippen LogP contribution in [-0.4, -0.2) is 22.5 Å². The molecule has 0 bridgehead atoms. The summed E-state index contributed by atoms with van der Waals surface area (Å²) in [6.07, 6.45) is 1.95. The van der Waals surface area contributed by atoms with E-state index in [9.17, 15) is 4.79 Å². The monoisotopic (exact) mass is 342 g/mol. The fourth-order valence-corrected chi connectivity index (χ4v) is 4.06. The predicted octanol–water partition coefficient (Wildman–Crippen LogP) is 4.99. The first-order chi connectivity index (χ1) is 11.1. The molecule has 0 atom stereocenters. The summed E-state index contributed by atoms with van der Waals surface area (Å²) in [5.41, 5.74) is 3.34. The number of carbonyl (C=O) groups is 1. The third-order valence-corrected chi connectivity index (χ3v) is 5.56. The third kappa shape index (κ3) is 3.41. The topological polar surface area (TPSA) is 32.7 Å². The Morgan fingerprint density at radius 2 is 2.04 bits per heavy atom. The van der Waals surface area contributed by atoms with Crippen molar-refractivity contribution in [3.63, 3.8) is 0 Å². The van der Waals surface area contributed by atoms with Crippen LogP contribution in [0.4, 0.5) is 5.69 Å².